The van der Waals surface area contributed by atoms with Crippen LogP contribution in [0.25, 0.3) is 21.1 Å². The molecule has 0 fully saturated rings. The molecule has 0 spiro atoms. The Morgan fingerprint density at radius 1 is 1.12 bits per heavy atom. The maximum Gasteiger partial charge on any atom is 0.143 e. The fourth-order valence-corrected chi connectivity index (χ4v) is 4.78. The van der Waals surface area contributed by atoms with E-state index in [4.69, 9.17) is 0 Å². The zero-order valence-electron chi connectivity index (χ0n) is 13.3. The largest absolute Gasteiger partial charge is 0.338 e. The summed E-state index contributed by atoms with van der Waals surface area (Å²) in [6, 6.07) is 10.3. The van der Waals surface area contributed by atoms with Crippen LogP contribution in [-0.2, 0) is 12.8 Å². The highest BCUT2D eigenvalue weighted by molar-refractivity contribution is 7.19. The van der Waals surface area contributed by atoms with Crippen LogP contribution in [-0.4, -0.2) is 15.0 Å². The second kappa shape index (κ2) is 5.24. The fraction of sp³-hybridized carbons (Fsp3) is 0.211. The lowest BCUT2D eigenvalue weighted by molar-refractivity contribution is 0.917. The first kappa shape index (κ1) is 13.9. The van der Waals surface area contributed by atoms with E-state index in [0.29, 0.717) is 0 Å². The molecule has 4 nitrogen and oxygen atoms in total. The molecule has 0 unspecified atom stereocenters. The number of aromatic nitrogens is 3. The van der Waals surface area contributed by atoms with E-state index >= 15 is 0 Å². The summed E-state index contributed by atoms with van der Waals surface area (Å²) in [7, 11) is 0. The molecule has 0 atom stereocenters. The predicted octanol–water partition coefficient (Wildman–Crippen LogP) is 4.78. The Bertz CT molecular complexity index is 1080. The number of aryl methyl sites for hydroxylation is 3. The minimum Gasteiger partial charge on any atom is -0.338 e. The summed E-state index contributed by atoms with van der Waals surface area (Å²) in [5.41, 5.74) is 3.40. The molecular formula is C19H16N4S. The fourth-order valence-electron chi connectivity index (χ4n) is 3.47. The molecule has 3 heterocycles. The molecule has 5 heteroatoms. The number of hydrogen-bond acceptors (Lipinski definition) is 5. The maximum atomic E-state index is 4.68. The van der Waals surface area contributed by atoms with E-state index < -0.39 is 0 Å². The number of pyridine rings is 1. The highest BCUT2D eigenvalue weighted by atomic mass is 32.1. The Kier molecular flexibility index (Phi) is 3.03. The predicted molar refractivity (Wildman–Crippen MR) is 99.2 cm³/mol. The molecule has 0 radical (unpaired) electrons. The molecular weight excluding hydrogens is 316 g/mol. The monoisotopic (exact) mass is 332 g/mol. The van der Waals surface area contributed by atoms with Gasteiger partial charge in [-0.05, 0) is 43.9 Å². The minimum absolute atomic E-state index is 0.804. The number of rotatable bonds is 2. The lowest BCUT2D eigenvalue weighted by atomic mass is 10.2. The molecule has 1 aromatic carbocycles. The van der Waals surface area contributed by atoms with Crippen LogP contribution in [0.4, 0.5) is 11.5 Å². The van der Waals surface area contributed by atoms with Crippen LogP contribution in [0.1, 0.15) is 22.7 Å². The lowest BCUT2D eigenvalue weighted by Crippen LogP contribution is -1.99. The van der Waals surface area contributed by atoms with Crippen molar-refractivity contribution in [2.24, 2.45) is 0 Å². The molecule has 0 aliphatic heterocycles. The summed E-state index contributed by atoms with van der Waals surface area (Å²) in [4.78, 5) is 16.4. The molecule has 5 rings (SSSR count). The minimum atomic E-state index is 0.804. The number of hydrogen-bond donors (Lipinski definition) is 1. The van der Waals surface area contributed by atoms with E-state index in [9.17, 15) is 0 Å². The van der Waals surface area contributed by atoms with Gasteiger partial charge in [0.05, 0.1) is 22.8 Å². The van der Waals surface area contributed by atoms with Gasteiger partial charge in [0.2, 0.25) is 0 Å². The summed E-state index contributed by atoms with van der Waals surface area (Å²) in [6.07, 6.45) is 5.42. The summed E-state index contributed by atoms with van der Waals surface area (Å²) < 4.78 is 0. The normalized spacial score (nSPS) is 13.5. The van der Waals surface area contributed by atoms with Crippen molar-refractivity contribution < 1.29 is 0 Å². The van der Waals surface area contributed by atoms with Crippen LogP contribution in [0.15, 0.2) is 36.5 Å². The number of fused-ring (bicyclic) bond motifs is 4. The van der Waals surface area contributed by atoms with Gasteiger partial charge in [0, 0.05) is 10.3 Å². The van der Waals surface area contributed by atoms with Gasteiger partial charge in [-0.1, -0.05) is 18.2 Å². The molecule has 0 amide bonds. The van der Waals surface area contributed by atoms with Crippen LogP contribution < -0.4 is 5.32 Å². The van der Waals surface area contributed by atoms with Crippen molar-refractivity contribution >= 4 is 44.0 Å². The van der Waals surface area contributed by atoms with Gasteiger partial charge < -0.3 is 5.32 Å². The Morgan fingerprint density at radius 3 is 3.00 bits per heavy atom. The van der Waals surface area contributed by atoms with Gasteiger partial charge in [0.1, 0.15) is 16.5 Å². The summed E-state index contributed by atoms with van der Waals surface area (Å²) in [6.45, 7) is 1.95. The topological polar surface area (TPSA) is 50.7 Å². The Labute approximate surface area is 143 Å². The van der Waals surface area contributed by atoms with Crippen molar-refractivity contribution in [1.29, 1.82) is 0 Å². The third-order valence-corrected chi connectivity index (χ3v) is 5.72. The van der Waals surface area contributed by atoms with Gasteiger partial charge in [-0.15, -0.1) is 11.3 Å². The number of nitrogens with one attached hydrogen (secondary N) is 1. The van der Waals surface area contributed by atoms with Gasteiger partial charge >= 0.3 is 0 Å². The van der Waals surface area contributed by atoms with Crippen molar-refractivity contribution in [3.8, 4) is 0 Å². The first-order chi connectivity index (χ1) is 11.8. The standard InChI is InChI=1S/C19H16N4S/c1-11-21-18(17-14-6-4-8-16(14)24-19(17)22-11)23-13-9-12-5-2-3-7-15(12)20-10-13/h2-3,5,7,9-10H,4,6,8H2,1H3,(H,21,22,23). The van der Waals surface area contributed by atoms with Crippen LogP contribution in [0.3, 0.4) is 0 Å². The Balaban J connectivity index is 1.65. The molecule has 3 aromatic heterocycles. The van der Waals surface area contributed by atoms with Gasteiger partial charge in [-0.3, -0.25) is 4.98 Å². The van der Waals surface area contributed by atoms with E-state index in [2.05, 4.69) is 32.4 Å². The van der Waals surface area contributed by atoms with Crippen molar-refractivity contribution in [1.82, 2.24) is 15.0 Å². The van der Waals surface area contributed by atoms with Gasteiger partial charge in [-0.2, -0.15) is 0 Å². The Morgan fingerprint density at radius 2 is 2.04 bits per heavy atom. The van der Waals surface area contributed by atoms with Crippen LogP contribution >= 0.6 is 11.3 Å². The molecule has 4 aromatic rings. The summed E-state index contributed by atoms with van der Waals surface area (Å²) >= 11 is 1.82. The molecule has 1 aliphatic carbocycles. The van der Waals surface area contributed by atoms with Crippen molar-refractivity contribution in [3.63, 3.8) is 0 Å². The van der Waals surface area contributed by atoms with Gasteiger partial charge in [0.15, 0.2) is 0 Å². The van der Waals surface area contributed by atoms with E-state index in [0.717, 1.165) is 39.5 Å². The van der Waals surface area contributed by atoms with Gasteiger partial charge in [0.25, 0.3) is 0 Å². The molecule has 0 saturated carbocycles. The van der Waals surface area contributed by atoms with E-state index in [1.54, 1.807) is 0 Å². The SMILES string of the molecule is Cc1nc(Nc2cnc3ccccc3c2)c2c3c(sc2n1)CCC3. The summed E-state index contributed by atoms with van der Waals surface area (Å²) in [5, 5.41) is 5.81. The summed E-state index contributed by atoms with van der Waals surface area (Å²) in [5.74, 6) is 1.72. The van der Waals surface area contributed by atoms with Crippen LogP contribution in [0.2, 0.25) is 0 Å². The van der Waals surface area contributed by atoms with Crippen molar-refractivity contribution in [2.45, 2.75) is 26.2 Å². The number of para-hydroxylation sites is 1. The first-order valence-electron chi connectivity index (χ1n) is 8.18. The third kappa shape index (κ3) is 2.16. The number of benzene rings is 1. The molecule has 0 bridgehead atoms. The van der Waals surface area contributed by atoms with Crippen LogP contribution in [0, 0.1) is 6.92 Å². The second-order valence-electron chi connectivity index (χ2n) is 6.20. The molecule has 24 heavy (non-hydrogen) atoms. The first-order valence-corrected chi connectivity index (χ1v) is 9.00. The number of thiophene rings is 1. The zero-order valence-corrected chi connectivity index (χ0v) is 14.2. The average Bonchev–Trinajstić information content (AvgIpc) is 3.15. The highest BCUT2D eigenvalue weighted by Crippen LogP contribution is 2.40. The van der Waals surface area contributed by atoms with Gasteiger partial charge in [-0.25, -0.2) is 9.97 Å². The second-order valence-corrected chi connectivity index (χ2v) is 7.28. The Hall–Kier alpha value is -2.53. The van der Waals surface area contributed by atoms with Crippen LogP contribution in [0.5, 0.6) is 0 Å². The molecule has 0 saturated heterocycles. The lowest BCUT2D eigenvalue weighted by Gasteiger charge is -2.09. The quantitative estimate of drug-likeness (QED) is 0.574. The zero-order chi connectivity index (χ0) is 16.1. The molecule has 1 N–H and O–H groups in total. The molecule has 118 valence electrons. The third-order valence-electron chi connectivity index (χ3n) is 4.53. The maximum absolute atomic E-state index is 4.68. The van der Waals surface area contributed by atoms with Crippen molar-refractivity contribution in [2.75, 3.05) is 5.32 Å². The number of anilines is 2. The molecule has 1 aliphatic rings. The van der Waals surface area contributed by atoms with E-state index in [1.165, 1.54) is 28.7 Å². The smallest absolute Gasteiger partial charge is 0.143 e. The highest BCUT2D eigenvalue weighted by Gasteiger charge is 2.22. The van der Waals surface area contributed by atoms with Crippen molar-refractivity contribution in [3.05, 3.63) is 52.8 Å². The number of nitrogens with zero attached hydrogens (tertiary/aromatic N) is 3. The van der Waals surface area contributed by atoms with E-state index in [1.807, 2.05) is 42.7 Å². The van der Waals surface area contributed by atoms with E-state index in [-0.39, 0.29) is 0 Å². The average molecular weight is 332 g/mol.